The van der Waals surface area contributed by atoms with Crippen LogP contribution in [0.15, 0.2) is 0 Å². The normalized spacial score (nSPS) is 45.5. The summed E-state index contributed by atoms with van der Waals surface area (Å²) < 4.78 is 43.3. The van der Waals surface area contributed by atoms with Gasteiger partial charge in [-0.15, -0.1) is 0 Å². The van der Waals surface area contributed by atoms with Crippen LogP contribution >= 0.6 is 0 Å². The summed E-state index contributed by atoms with van der Waals surface area (Å²) in [6.07, 6.45) is 2.06. The number of hydrogen-bond acceptors (Lipinski definition) is 5. The zero-order valence-electron chi connectivity index (χ0n) is 12.4. The molecule has 4 bridgehead atoms. The maximum Gasteiger partial charge on any atom is 0.377 e. The number of rotatable bonds is 2. The molecule has 4 saturated carbocycles. The van der Waals surface area contributed by atoms with Crippen LogP contribution in [0.3, 0.4) is 0 Å². The molecule has 0 aromatic heterocycles. The van der Waals surface area contributed by atoms with Crippen molar-refractivity contribution >= 4 is 5.97 Å². The highest BCUT2D eigenvalue weighted by Crippen LogP contribution is 2.64. The van der Waals surface area contributed by atoms with Gasteiger partial charge in [0.15, 0.2) is 5.79 Å². The lowest BCUT2D eigenvalue weighted by molar-refractivity contribution is -0.341. The van der Waals surface area contributed by atoms with E-state index in [4.69, 9.17) is 14.2 Å². The Morgan fingerprint density at radius 2 is 1.73 bits per heavy atom. The van der Waals surface area contributed by atoms with Gasteiger partial charge in [-0.25, -0.2) is 4.79 Å². The lowest BCUT2D eigenvalue weighted by Crippen LogP contribution is -2.70. The van der Waals surface area contributed by atoms with E-state index in [-0.39, 0.29) is 18.3 Å². The molecule has 1 saturated heterocycles. The summed E-state index contributed by atoms with van der Waals surface area (Å²) >= 11 is 0. The average molecular weight is 318 g/mol. The molecular formula is C15H20F2O5. The highest BCUT2D eigenvalue weighted by Gasteiger charge is 2.70. The van der Waals surface area contributed by atoms with E-state index in [0.717, 1.165) is 0 Å². The minimum Gasteiger partial charge on any atom is -0.455 e. The largest absolute Gasteiger partial charge is 0.455 e. The topological polar surface area (TPSA) is 65.0 Å². The lowest BCUT2D eigenvalue weighted by atomic mass is 9.49. The lowest BCUT2D eigenvalue weighted by Gasteiger charge is -2.64. The maximum atomic E-state index is 13.2. The SMILES string of the molecule is CC(F)(F)C(=O)OC12CC3CC(O)(CC(C1)C31OCCO1)C2. The second-order valence-electron chi connectivity index (χ2n) is 7.49. The summed E-state index contributed by atoms with van der Waals surface area (Å²) in [5, 5.41) is 10.7. The number of alkyl halides is 2. The Morgan fingerprint density at radius 1 is 1.18 bits per heavy atom. The zero-order chi connectivity index (χ0) is 15.8. The molecule has 4 aliphatic carbocycles. The molecule has 22 heavy (non-hydrogen) atoms. The number of carbonyl (C=O) groups is 1. The van der Waals surface area contributed by atoms with E-state index in [2.05, 4.69) is 0 Å². The van der Waals surface area contributed by atoms with E-state index in [1.807, 2.05) is 0 Å². The maximum absolute atomic E-state index is 13.2. The first-order chi connectivity index (χ1) is 10.2. The first kappa shape index (κ1) is 14.8. The Hall–Kier alpha value is -0.790. The molecule has 5 aliphatic rings. The Labute approximate surface area is 126 Å². The minimum absolute atomic E-state index is 0.125. The van der Waals surface area contributed by atoms with Crippen LogP contribution in [0, 0.1) is 11.8 Å². The van der Waals surface area contributed by atoms with Crippen molar-refractivity contribution in [1.82, 2.24) is 0 Å². The van der Waals surface area contributed by atoms with E-state index < -0.39 is 28.9 Å². The van der Waals surface area contributed by atoms with Gasteiger partial charge in [-0.1, -0.05) is 0 Å². The van der Waals surface area contributed by atoms with Crippen molar-refractivity contribution in [2.75, 3.05) is 13.2 Å². The second-order valence-corrected chi connectivity index (χ2v) is 7.49. The highest BCUT2D eigenvalue weighted by molar-refractivity contribution is 5.77. The molecule has 7 heteroatoms. The van der Waals surface area contributed by atoms with E-state index >= 15 is 0 Å². The Kier molecular flexibility index (Phi) is 2.81. The van der Waals surface area contributed by atoms with Crippen molar-refractivity contribution in [2.45, 2.75) is 61.9 Å². The van der Waals surface area contributed by atoms with Gasteiger partial charge in [0, 0.05) is 25.2 Å². The van der Waals surface area contributed by atoms with E-state index in [0.29, 0.717) is 45.8 Å². The summed E-state index contributed by atoms with van der Waals surface area (Å²) in [4.78, 5) is 11.6. The van der Waals surface area contributed by atoms with Crippen LogP contribution in [-0.4, -0.2) is 47.2 Å². The standard InChI is InChI=1S/C15H20F2O5/c1-12(16,17)11(18)22-14-6-9-4-13(19,8-14)5-10(7-14)15(9)20-2-3-21-15/h9-10,19H,2-8H2,1H3. The third-order valence-electron chi connectivity index (χ3n) is 5.69. The molecule has 1 N–H and O–H groups in total. The van der Waals surface area contributed by atoms with Gasteiger partial charge in [-0.3, -0.25) is 0 Å². The van der Waals surface area contributed by atoms with Gasteiger partial charge >= 0.3 is 11.9 Å². The molecule has 0 aromatic carbocycles. The first-order valence-corrected chi connectivity index (χ1v) is 7.78. The molecule has 5 fully saturated rings. The van der Waals surface area contributed by atoms with Crippen LogP contribution < -0.4 is 0 Å². The monoisotopic (exact) mass is 318 g/mol. The smallest absolute Gasteiger partial charge is 0.377 e. The van der Waals surface area contributed by atoms with Gasteiger partial charge in [-0.05, 0) is 25.7 Å². The van der Waals surface area contributed by atoms with Crippen LogP contribution in [0.1, 0.15) is 39.0 Å². The number of halogens is 2. The zero-order valence-corrected chi connectivity index (χ0v) is 12.4. The number of carbonyl (C=O) groups excluding carboxylic acids is 1. The molecular weight excluding hydrogens is 298 g/mol. The van der Waals surface area contributed by atoms with Crippen LogP contribution in [0.5, 0.6) is 0 Å². The van der Waals surface area contributed by atoms with Gasteiger partial charge in [0.2, 0.25) is 0 Å². The molecule has 1 spiro atoms. The summed E-state index contributed by atoms with van der Waals surface area (Å²) in [5.41, 5.74) is -1.99. The number of esters is 1. The molecule has 0 radical (unpaired) electrons. The Balaban J connectivity index is 1.64. The van der Waals surface area contributed by atoms with Crippen LogP contribution in [0.25, 0.3) is 0 Å². The van der Waals surface area contributed by atoms with Crippen molar-refractivity contribution in [3.8, 4) is 0 Å². The molecule has 1 heterocycles. The fraction of sp³-hybridized carbons (Fsp3) is 0.933. The van der Waals surface area contributed by atoms with Gasteiger partial charge in [0.05, 0.1) is 18.8 Å². The van der Waals surface area contributed by atoms with Gasteiger partial charge < -0.3 is 19.3 Å². The van der Waals surface area contributed by atoms with Crippen molar-refractivity contribution in [1.29, 1.82) is 0 Å². The van der Waals surface area contributed by atoms with E-state index in [1.54, 1.807) is 0 Å². The molecule has 0 aromatic rings. The predicted octanol–water partition coefficient (Wildman–Crippen LogP) is 1.62. The molecule has 124 valence electrons. The van der Waals surface area contributed by atoms with Crippen molar-refractivity contribution < 1.29 is 32.9 Å². The molecule has 0 amide bonds. The van der Waals surface area contributed by atoms with Crippen LogP contribution in [-0.2, 0) is 19.0 Å². The fourth-order valence-electron chi connectivity index (χ4n) is 5.24. The Bertz CT molecular complexity index is 491. The summed E-state index contributed by atoms with van der Waals surface area (Å²) in [7, 11) is 0. The molecule has 5 nitrogen and oxygen atoms in total. The van der Waals surface area contributed by atoms with Gasteiger partial charge in [0.25, 0.3) is 0 Å². The average Bonchev–Trinajstić information content (AvgIpc) is 2.83. The molecule has 2 unspecified atom stereocenters. The second kappa shape index (κ2) is 4.19. The van der Waals surface area contributed by atoms with Crippen molar-refractivity contribution in [2.24, 2.45) is 11.8 Å². The highest BCUT2D eigenvalue weighted by atomic mass is 19.3. The summed E-state index contributed by atoms with van der Waals surface area (Å²) in [6, 6.07) is 0. The quantitative estimate of drug-likeness (QED) is 0.784. The van der Waals surface area contributed by atoms with Crippen molar-refractivity contribution in [3.63, 3.8) is 0 Å². The van der Waals surface area contributed by atoms with Crippen LogP contribution in [0.4, 0.5) is 8.78 Å². The van der Waals surface area contributed by atoms with Crippen molar-refractivity contribution in [3.05, 3.63) is 0 Å². The number of hydrogen-bond donors (Lipinski definition) is 1. The minimum atomic E-state index is -3.52. The summed E-state index contributed by atoms with van der Waals surface area (Å²) in [6.45, 7) is 1.55. The van der Waals surface area contributed by atoms with E-state index in [1.165, 1.54) is 0 Å². The third kappa shape index (κ3) is 1.95. The van der Waals surface area contributed by atoms with E-state index in [9.17, 15) is 18.7 Å². The number of aliphatic hydroxyl groups is 1. The summed E-state index contributed by atoms with van der Waals surface area (Å²) in [5.74, 6) is -6.01. The Morgan fingerprint density at radius 3 is 2.23 bits per heavy atom. The predicted molar refractivity (Wildman–Crippen MR) is 69.1 cm³/mol. The molecule has 5 rings (SSSR count). The first-order valence-electron chi connectivity index (χ1n) is 7.78. The van der Waals surface area contributed by atoms with Gasteiger partial charge in [-0.2, -0.15) is 8.78 Å². The van der Waals surface area contributed by atoms with Crippen LogP contribution in [0.2, 0.25) is 0 Å². The molecule has 2 atom stereocenters. The fourth-order valence-corrected chi connectivity index (χ4v) is 5.24. The number of ether oxygens (including phenoxy) is 3. The van der Waals surface area contributed by atoms with Gasteiger partial charge in [0.1, 0.15) is 5.60 Å². The third-order valence-corrected chi connectivity index (χ3v) is 5.69. The molecule has 1 aliphatic heterocycles.